The molecule has 10 heteroatoms. The topological polar surface area (TPSA) is 105 Å². The van der Waals surface area contributed by atoms with Gasteiger partial charge >= 0.3 is 0 Å². The van der Waals surface area contributed by atoms with Gasteiger partial charge in [-0.3, -0.25) is 0 Å². The number of benzene rings is 2. The van der Waals surface area contributed by atoms with E-state index in [0.717, 1.165) is 23.8 Å². The summed E-state index contributed by atoms with van der Waals surface area (Å²) in [6.45, 7) is 1.65. The van der Waals surface area contributed by atoms with E-state index in [0.29, 0.717) is 16.7 Å². The fourth-order valence-electron chi connectivity index (χ4n) is 3.84. The molecule has 3 heterocycles. The molecular formula is C22H19F2N5O3. The number of hydrogen-bond acceptors (Lipinski definition) is 7. The number of fused-ring (bicyclic) bond motifs is 1. The number of ether oxygens (including phenoxy) is 1. The maximum absolute atomic E-state index is 13.7. The molecule has 0 amide bonds. The summed E-state index contributed by atoms with van der Waals surface area (Å²) in [7, 11) is 0. The Labute approximate surface area is 181 Å². The molecule has 1 saturated heterocycles. The molecule has 164 valence electrons. The van der Waals surface area contributed by atoms with E-state index >= 15 is 0 Å². The Hall–Kier alpha value is -3.47. The zero-order chi connectivity index (χ0) is 22.4. The Morgan fingerprint density at radius 2 is 1.72 bits per heavy atom. The van der Waals surface area contributed by atoms with Crippen molar-refractivity contribution in [1.29, 1.82) is 0 Å². The Morgan fingerprint density at radius 3 is 2.38 bits per heavy atom. The average molecular weight is 439 g/mol. The third-order valence-corrected chi connectivity index (χ3v) is 5.38. The minimum atomic E-state index is -1.22. The molecule has 0 aliphatic carbocycles. The second kappa shape index (κ2) is 7.90. The van der Waals surface area contributed by atoms with Gasteiger partial charge in [0.1, 0.15) is 41.7 Å². The fourth-order valence-corrected chi connectivity index (χ4v) is 3.84. The number of halogens is 2. The highest BCUT2D eigenvalue weighted by Gasteiger charge is 2.43. The molecule has 0 saturated carbocycles. The first kappa shape index (κ1) is 20.4. The molecule has 5 rings (SSSR count). The molecule has 3 N–H and O–H groups in total. The molecule has 32 heavy (non-hydrogen) atoms. The van der Waals surface area contributed by atoms with Crippen molar-refractivity contribution in [2.75, 3.05) is 5.32 Å². The minimum Gasteiger partial charge on any atom is -0.388 e. The number of aliphatic hydroxyl groups is 2. The van der Waals surface area contributed by atoms with Crippen molar-refractivity contribution in [3.05, 3.63) is 66.5 Å². The van der Waals surface area contributed by atoms with Crippen LogP contribution >= 0.6 is 0 Å². The van der Waals surface area contributed by atoms with Crippen molar-refractivity contribution < 1.29 is 23.7 Å². The molecule has 0 unspecified atom stereocenters. The van der Waals surface area contributed by atoms with E-state index in [1.807, 2.05) is 30.3 Å². The van der Waals surface area contributed by atoms with E-state index in [4.69, 9.17) is 4.74 Å². The van der Waals surface area contributed by atoms with Gasteiger partial charge in [0.05, 0.1) is 11.5 Å². The normalized spacial score (nSPS) is 23.0. The number of rotatable bonds is 4. The molecule has 0 radical (unpaired) electrons. The Morgan fingerprint density at radius 1 is 1.00 bits per heavy atom. The second-order valence-corrected chi connectivity index (χ2v) is 7.58. The summed E-state index contributed by atoms with van der Waals surface area (Å²) in [5.74, 6) is -1.20. The monoisotopic (exact) mass is 439 g/mol. The van der Waals surface area contributed by atoms with Crippen LogP contribution in [0.3, 0.4) is 0 Å². The molecule has 0 bridgehead atoms. The van der Waals surface area contributed by atoms with Crippen LogP contribution < -0.4 is 5.32 Å². The molecule has 1 fully saturated rings. The number of nitrogens with one attached hydrogen (secondary N) is 1. The first-order valence-electron chi connectivity index (χ1n) is 9.95. The Balaban J connectivity index is 1.70. The molecule has 8 nitrogen and oxygen atoms in total. The van der Waals surface area contributed by atoms with Crippen LogP contribution in [0.2, 0.25) is 0 Å². The van der Waals surface area contributed by atoms with E-state index < -0.39 is 36.2 Å². The maximum Gasteiger partial charge on any atom is 0.181 e. The number of hydrogen-bond donors (Lipinski definition) is 3. The van der Waals surface area contributed by atoms with Crippen molar-refractivity contribution in [2.45, 2.75) is 31.5 Å². The van der Waals surface area contributed by atoms with Gasteiger partial charge in [-0.1, -0.05) is 30.3 Å². The molecule has 0 spiro atoms. The predicted molar refractivity (Wildman–Crippen MR) is 112 cm³/mol. The van der Waals surface area contributed by atoms with Crippen molar-refractivity contribution in [1.82, 2.24) is 19.7 Å². The third kappa shape index (κ3) is 3.48. The summed E-state index contributed by atoms with van der Waals surface area (Å²) in [6, 6.07) is 12.3. The molecule has 2 aromatic carbocycles. The van der Waals surface area contributed by atoms with Gasteiger partial charge < -0.3 is 20.3 Å². The van der Waals surface area contributed by atoms with Gasteiger partial charge in [0.2, 0.25) is 0 Å². The highest BCUT2D eigenvalue weighted by atomic mass is 19.1. The number of anilines is 2. The van der Waals surface area contributed by atoms with Gasteiger partial charge in [-0.15, -0.1) is 0 Å². The van der Waals surface area contributed by atoms with Gasteiger partial charge in [-0.05, 0) is 19.1 Å². The molecule has 4 atom stereocenters. The van der Waals surface area contributed by atoms with Gasteiger partial charge in [0.25, 0.3) is 0 Å². The van der Waals surface area contributed by atoms with Crippen LogP contribution in [0.15, 0.2) is 54.9 Å². The van der Waals surface area contributed by atoms with Gasteiger partial charge in [-0.2, -0.15) is 5.10 Å². The lowest BCUT2D eigenvalue weighted by molar-refractivity contribution is -0.0370. The highest BCUT2D eigenvalue weighted by Crippen LogP contribution is 2.37. The Bertz CT molecular complexity index is 1260. The van der Waals surface area contributed by atoms with Crippen LogP contribution in [0.4, 0.5) is 20.3 Å². The minimum absolute atomic E-state index is 0.162. The zero-order valence-electron chi connectivity index (χ0n) is 16.9. The standard InChI is InChI=1S/C22H19F2N5O3/c1-11-18(30)19(31)22(32-11)29-21-16(17(28-29)12-5-3-2-4-6-12)20(25-10-26-21)27-15-8-13(23)7-14(24)9-15/h2-11,18-19,22,30-31H,1H3,(H,25,26,27)/t11-,18+,19+,22-/m1/s1. The lowest BCUT2D eigenvalue weighted by atomic mass is 10.1. The van der Waals surface area contributed by atoms with Crippen molar-refractivity contribution in [2.24, 2.45) is 0 Å². The molecule has 1 aliphatic heterocycles. The molecule has 2 aromatic heterocycles. The number of aromatic nitrogens is 4. The molecule has 4 aromatic rings. The fraction of sp³-hybridized carbons (Fsp3) is 0.227. The van der Waals surface area contributed by atoms with Crippen LogP contribution in [-0.2, 0) is 4.74 Å². The first-order chi connectivity index (χ1) is 15.4. The summed E-state index contributed by atoms with van der Waals surface area (Å²) in [5.41, 5.74) is 1.70. The predicted octanol–water partition coefficient (Wildman–Crippen LogP) is 3.15. The summed E-state index contributed by atoms with van der Waals surface area (Å²) in [4.78, 5) is 8.59. The van der Waals surface area contributed by atoms with Gasteiger partial charge in [0, 0.05) is 17.3 Å². The highest BCUT2D eigenvalue weighted by molar-refractivity contribution is 6.00. The lowest BCUT2D eigenvalue weighted by Gasteiger charge is -2.15. The first-order valence-corrected chi connectivity index (χ1v) is 9.95. The van der Waals surface area contributed by atoms with E-state index in [1.165, 1.54) is 11.0 Å². The van der Waals surface area contributed by atoms with Crippen molar-refractivity contribution in [3.63, 3.8) is 0 Å². The van der Waals surface area contributed by atoms with Gasteiger partial charge in [-0.25, -0.2) is 23.4 Å². The smallest absolute Gasteiger partial charge is 0.181 e. The lowest BCUT2D eigenvalue weighted by Crippen LogP contribution is -2.30. The van der Waals surface area contributed by atoms with Crippen LogP contribution in [-0.4, -0.2) is 48.3 Å². The van der Waals surface area contributed by atoms with E-state index in [2.05, 4.69) is 20.4 Å². The van der Waals surface area contributed by atoms with Crippen LogP contribution in [0, 0.1) is 11.6 Å². The summed E-state index contributed by atoms with van der Waals surface area (Å²) < 4.78 is 34.6. The van der Waals surface area contributed by atoms with Crippen molar-refractivity contribution >= 4 is 22.5 Å². The van der Waals surface area contributed by atoms with E-state index in [-0.39, 0.29) is 11.5 Å². The quantitative estimate of drug-likeness (QED) is 0.449. The number of nitrogens with zero attached hydrogens (tertiary/aromatic N) is 4. The molecular weight excluding hydrogens is 420 g/mol. The van der Waals surface area contributed by atoms with E-state index in [9.17, 15) is 19.0 Å². The second-order valence-electron chi connectivity index (χ2n) is 7.58. The van der Waals surface area contributed by atoms with Crippen LogP contribution in [0.25, 0.3) is 22.3 Å². The maximum atomic E-state index is 13.7. The Kier molecular flexibility index (Phi) is 5.04. The summed E-state index contributed by atoms with van der Waals surface area (Å²) in [5, 5.41) is 28.7. The van der Waals surface area contributed by atoms with Crippen LogP contribution in [0.1, 0.15) is 13.2 Å². The largest absolute Gasteiger partial charge is 0.388 e. The number of aliphatic hydroxyl groups excluding tert-OH is 2. The van der Waals surface area contributed by atoms with Crippen LogP contribution in [0.5, 0.6) is 0 Å². The SMILES string of the molecule is C[C@H]1O[C@@H](n2nc(-c3ccccc3)c3c(Nc4cc(F)cc(F)c4)ncnc32)[C@@H](O)[C@H]1O. The average Bonchev–Trinajstić information content (AvgIpc) is 3.27. The van der Waals surface area contributed by atoms with Gasteiger partial charge in [0.15, 0.2) is 11.9 Å². The van der Waals surface area contributed by atoms with Crippen molar-refractivity contribution in [3.8, 4) is 11.3 Å². The summed E-state index contributed by atoms with van der Waals surface area (Å²) >= 11 is 0. The summed E-state index contributed by atoms with van der Waals surface area (Å²) in [6.07, 6.45) is -2.62. The third-order valence-electron chi connectivity index (χ3n) is 5.38. The van der Waals surface area contributed by atoms with E-state index in [1.54, 1.807) is 6.92 Å². The molecule has 1 aliphatic rings. The zero-order valence-corrected chi connectivity index (χ0v) is 16.9.